The second-order valence-electron chi connectivity index (χ2n) is 4.60. The number of rotatable bonds is 6. The third kappa shape index (κ3) is 4.28. The van der Waals surface area contributed by atoms with E-state index in [1.54, 1.807) is 0 Å². The first kappa shape index (κ1) is 13.4. The van der Waals surface area contributed by atoms with Gasteiger partial charge in [0.25, 0.3) is 0 Å². The van der Waals surface area contributed by atoms with Gasteiger partial charge in [0.05, 0.1) is 12.3 Å². The zero-order valence-electron chi connectivity index (χ0n) is 11.5. The Morgan fingerprint density at radius 1 is 1.21 bits per heavy atom. The van der Waals surface area contributed by atoms with Gasteiger partial charge in [-0.1, -0.05) is 19.1 Å². The molecule has 100 valence electrons. The van der Waals surface area contributed by atoms with Crippen LogP contribution in [0.1, 0.15) is 24.5 Å². The molecule has 2 aromatic rings. The summed E-state index contributed by atoms with van der Waals surface area (Å²) in [7, 11) is 0. The third-order valence-electron chi connectivity index (χ3n) is 2.74. The van der Waals surface area contributed by atoms with Gasteiger partial charge in [-0.25, -0.2) is 0 Å². The Bertz CT molecular complexity index is 526. The largest absolute Gasteiger partial charge is 0.494 e. The molecule has 0 unspecified atom stereocenters. The molecule has 0 atom stereocenters. The van der Waals surface area contributed by atoms with Gasteiger partial charge in [0.1, 0.15) is 5.75 Å². The molecule has 2 rings (SSSR count). The van der Waals surface area contributed by atoms with Gasteiger partial charge >= 0.3 is 0 Å². The Balaban J connectivity index is 1.95. The lowest BCUT2D eigenvalue weighted by atomic mass is 10.2. The van der Waals surface area contributed by atoms with Crippen molar-refractivity contribution in [1.29, 1.82) is 0 Å². The molecule has 1 heterocycles. The van der Waals surface area contributed by atoms with Gasteiger partial charge in [-0.2, -0.15) is 0 Å². The molecule has 0 radical (unpaired) electrons. The fraction of sp³-hybridized carbons (Fsp3) is 0.312. The molecule has 0 saturated carbocycles. The Morgan fingerprint density at radius 2 is 2.11 bits per heavy atom. The van der Waals surface area contributed by atoms with Crippen LogP contribution in [-0.4, -0.2) is 11.6 Å². The number of nitrogens with zero attached hydrogens (tertiary/aromatic N) is 1. The number of hydrogen-bond donors (Lipinski definition) is 1. The van der Waals surface area contributed by atoms with Crippen LogP contribution in [0.3, 0.4) is 0 Å². The minimum Gasteiger partial charge on any atom is -0.494 e. The van der Waals surface area contributed by atoms with Crippen molar-refractivity contribution in [1.82, 2.24) is 4.98 Å². The summed E-state index contributed by atoms with van der Waals surface area (Å²) in [5, 5.41) is 3.37. The molecule has 0 amide bonds. The lowest BCUT2D eigenvalue weighted by Gasteiger charge is -2.09. The molecule has 0 saturated heterocycles. The highest BCUT2D eigenvalue weighted by molar-refractivity contribution is 5.43. The van der Waals surface area contributed by atoms with Crippen LogP contribution in [0.5, 0.6) is 5.75 Å². The van der Waals surface area contributed by atoms with Gasteiger partial charge in [0, 0.05) is 18.9 Å². The number of pyridine rings is 1. The predicted octanol–water partition coefficient (Wildman–Crippen LogP) is 3.79. The molecule has 19 heavy (non-hydrogen) atoms. The fourth-order valence-electron chi connectivity index (χ4n) is 1.82. The molecule has 0 aliphatic carbocycles. The first-order valence-electron chi connectivity index (χ1n) is 6.65. The third-order valence-corrected chi connectivity index (χ3v) is 2.74. The van der Waals surface area contributed by atoms with Crippen LogP contribution in [0, 0.1) is 6.92 Å². The van der Waals surface area contributed by atoms with Crippen LogP contribution in [0.25, 0.3) is 0 Å². The van der Waals surface area contributed by atoms with Crippen molar-refractivity contribution in [2.75, 3.05) is 11.9 Å². The molecule has 1 aromatic heterocycles. The highest BCUT2D eigenvalue weighted by Gasteiger charge is 1.98. The summed E-state index contributed by atoms with van der Waals surface area (Å²) in [4.78, 5) is 4.17. The summed E-state index contributed by atoms with van der Waals surface area (Å²) in [5.41, 5.74) is 3.40. The van der Waals surface area contributed by atoms with Gasteiger partial charge in [-0.05, 0) is 42.7 Å². The highest BCUT2D eigenvalue weighted by atomic mass is 16.5. The van der Waals surface area contributed by atoms with E-state index >= 15 is 0 Å². The Labute approximate surface area is 114 Å². The van der Waals surface area contributed by atoms with E-state index < -0.39 is 0 Å². The molecule has 0 aliphatic heterocycles. The maximum absolute atomic E-state index is 5.63. The highest BCUT2D eigenvalue weighted by Crippen LogP contribution is 2.15. The second kappa shape index (κ2) is 6.78. The summed E-state index contributed by atoms with van der Waals surface area (Å²) in [6, 6.07) is 10.3. The number of anilines is 1. The van der Waals surface area contributed by atoms with Crippen molar-refractivity contribution >= 4 is 5.69 Å². The molecular formula is C16H20N2O. The van der Waals surface area contributed by atoms with Crippen LogP contribution in [-0.2, 0) is 6.54 Å². The maximum Gasteiger partial charge on any atom is 0.119 e. The lowest BCUT2D eigenvalue weighted by molar-refractivity contribution is 0.317. The van der Waals surface area contributed by atoms with Crippen LogP contribution in [0.15, 0.2) is 42.7 Å². The molecule has 3 heteroatoms. The average Bonchev–Trinajstić information content (AvgIpc) is 2.43. The standard InChI is InChI=1S/C16H20N2O/c1-3-7-19-16-6-4-5-14(9-16)11-18-15-8-13(2)10-17-12-15/h4-6,8-10,12,18H,3,7,11H2,1-2H3. The Morgan fingerprint density at radius 3 is 2.89 bits per heavy atom. The van der Waals surface area contributed by atoms with Crippen molar-refractivity contribution in [3.05, 3.63) is 53.9 Å². The van der Waals surface area contributed by atoms with E-state index in [4.69, 9.17) is 4.74 Å². The normalized spacial score (nSPS) is 10.2. The van der Waals surface area contributed by atoms with Crippen molar-refractivity contribution < 1.29 is 4.74 Å². The number of aryl methyl sites for hydroxylation is 1. The van der Waals surface area contributed by atoms with E-state index in [-0.39, 0.29) is 0 Å². The molecule has 0 bridgehead atoms. The molecular weight excluding hydrogens is 236 g/mol. The molecule has 1 N–H and O–H groups in total. The number of hydrogen-bond acceptors (Lipinski definition) is 3. The number of ether oxygens (including phenoxy) is 1. The lowest BCUT2D eigenvalue weighted by Crippen LogP contribution is -2.01. The molecule has 0 aliphatic rings. The van der Waals surface area contributed by atoms with Gasteiger partial charge in [0.15, 0.2) is 0 Å². The van der Waals surface area contributed by atoms with Gasteiger partial charge in [0.2, 0.25) is 0 Å². The quantitative estimate of drug-likeness (QED) is 0.853. The SMILES string of the molecule is CCCOc1cccc(CNc2cncc(C)c2)c1. The summed E-state index contributed by atoms with van der Waals surface area (Å²) in [5.74, 6) is 0.934. The van der Waals surface area contributed by atoms with E-state index in [0.717, 1.165) is 36.6 Å². The molecule has 0 spiro atoms. The number of benzene rings is 1. The van der Waals surface area contributed by atoms with Crippen molar-refractivity contribution in [3.63, 3.8) is 0 Å². The zero-order valence-corrected chi connectivity index (χ0v) is 11.5. The van der Waals surface area contributed by atoms with E-state index in [9.17, 15) is 0 Å². The summed E-state index contributed by atoms with van der Waals surface area (Å²) in [6.45, 7) is 5.68. The topological polar surface area (TPSA) is 34.1 Å². The van der Waals surface area contributed by atoms with E-state index in [0.29, 0.717) is 0 Å². The van der Waals surface area contributed by atoms with Crippen LogP contribution >= 0.6 is 0 Å². The first-order chi connectivity index (χ1) is 9.28. The predicted molar refractivity (Wildman–Crippen MR) is 78.5 cm³/mol. The molecule has 0 fully saturated rings. The Kier molecular flexibility index (Phi) is 4.78. The van der Waals surface area contributed by atoms with Crippen LogP contribution in [0.4, 0.5) is 5.69 Å². The first-order valence-corrected chi connectivity index (χ1v) is 6.65. The van der Waals surface area contributed by atoms with E-state index in [1.807, 2.05) is 31.5 Å². The average molecular weight is 256 g/mol. The van der Waals surface area contributed by atoms with Crippen LogP contribution < -0.4 is 10.1 Å². The Hall–Kier alpha value is -2.03. The maximum atomic E-state index is 5.63. The fourth-order valence-corrected chi connectivity index (χ4v) is 1.82. The molecule has 1 aromatic carbocycles. The monoisotopic (exact) mass is 256 g/mol. The summed E-state index contributed by atoms with van der Waals surface area (Å²) in [6.07, 6.45) is 4.71. The minimum atomic E-state index is 0.763. The van der Waals surface area contributed by atoms with Crippen LogP contribution in [0.2, 0.25) is 0 Å². The second-order valence-corrected chi connectivity index (χ2v) is 4.60. The summed E-state index contributed by atoms with van der Waals surface area (Å²) < 4.78 is 5.63. The van der Waals surface area contributed by atoms with Gasteiger partial charge < -0.3 is 10.1 Å². The van der Waals surface area contributed by atoms with E-state index in [2.05, 4.69) is 35.4 Å². The van der Waals surface area contributed by atoms with Gasteiger partial charge in [-0.15, -0.1) is 0 Å². The summed E-state index contributed by atoms with van der Waals surface area (Å²) >= 11 is 0. The van der Waals surface area contributed by atoms with Gasteiger partial charge in [-0.3, -0.25) is 4.98 Å². The van der Waals surface area contributed by atoms with E-state index in [1.165, 1.54) is 5.56 Å². The number of nitrogens with one attached hydrogen (secondary N) is 1. The van der Waals surface area contributed by atoms with Crippen molar-refractivity contribution in [2.45, 2.75) is 26.8 Å². The van der Waals surface area contributed by atoms with Crippen molar-refractivity contribution in [3.8, 4) is 5.75 Å². The smallest absolute Gasteiger partial charge is 0.119 e. The molecule has 3 nitrogen and oxygen atoms in total. The number of aromatic nitrogens is 1. The van der Waals surface area contributed by atoms with Crippen molar-refractivity contribution in [2.24, 2.45) is 0 Å². The zero-order chi connectivity index (χ0) is 13.5. The minimum absolute atomic E-state index is 0.763.